The molecule has 1 aliphatic heterocycles. The predicted molar refractivity (Wildman–Crippen MR) is 84.0 cm³/mol. The highest BCUT2D eigenvalue weighted by molar-refractivity contribution is 8.06. The molecule has 19 heavy (non-hydrogen) atoms. The van der Waals surface area contributed by atoms with E-state index in [9.17, 15) is 9.59 Å². The molecule has 2 rings (SSSR count). The number of hydrogen-bond donors (Lipinski definition) is 1. The molecule has 4 nitrogen and oxygen atoms in total. The van der Waals surface area contributed by atoms with Gasteiger partial charge < -0.3 is 0 Å². The molecular formula is C12H17ClN2O2S2. The summed E-state index contributed by atoms with van der Waals surface area (Å²) >= 11 is 9.67. The number of aromatic amines is 1. The number of aromatic nitrogens is 2. The molecule has 7 heteroatoms. The zero-order chi connectivity index (χ0) is 14.0. The highest BCUT2D eigenvalue weighted by Gasteiger charge is 2.20. The summed E-state index contributed by atoms with van der Waals surface area (Å²) in [5.41, 5.74) is -0.162. The van der Waals surface area contributed by atoms with Crippen LogP contribution in [0.3, 0.4) is 0 Å². The predicted octanol–water partition coefficient (Wildman–Crippen LogP) is 2.16. The maximum Gasteiger partial charge on any atom is 0.329 e. The summed E-state index contributed by atoms with van der Waals surface area (Å²) in [6.07, 6.45) is 0. The molecule has 1 unspecified atom stereocenters. The summed E-state index contributed by atoms with van der Waals surface area (Å²) in [5, 5.41) is 0.491. The number of thioether (sulfide) groups is 2. The Hall–Kier alpha value is -0.330. The number of rotatable bonds is 3. The Morgan fingerprint density at radius 3 is 2.74 bits per heavy atom. The van der Waals surface area contributed by atoms with Crippen LogP contribution in [0.25, 0.3) is 0 Å². The van der Waals surface area contributed by atoms with Crippen molar-refractivity contribution in [1.29, 1.82) is 0 Å². The van der Waals surface area contributed by atoms with E-state index in [4.69, 9.17) is 11.6 Å². The van der Waals surface area contributed by atoms with Crippen molar-refractivity contribution in [3.63, 3.8) is 0 Å². The molecule has 1 aromatic heterocycles. The Kier molecular flexibility index (Phi) is 5.09. The van der Waals surface area contributed by atoms with E-state index in [0.29, 0.717) is 17.4 Å². The van der Waals surface area contributed by atoms with Crippen molar-refractivity contribution < 1.29 is 0 Å². The number of nitrogens with one attached hydrogen (secondary N) is 1. The third-order valence-corrected chi connectivity index (χ3v) is 6.15. The zero-order valence-corrected chi connectivity index (χ0v) is 13.3. The molecule has 1 atom stereocenters. The molecule has 0 spiro atoms. The first-order chi connectivity index (χ1) is 9.00. The van der Waals surface area contributed by atoms with Gasteiger partial charge in [-0.25, -0.2) is 4.79 Å². The first-order valence-corrected chi connectivity index (χ1v) is 8.80. The maximum atomic E-state index is 12.4. The minimum absolute atomic E-state index is 0.00326. The van der Waals surface area contributed by atoms with Gasteiger partial charge in [0.1, 0.15) is 5.15 Å². The fourth-order valence-electron chi connectivity index (χ4n) is 2.07. The molecule has 0 aromatic carbocycles. The lowest BCUT2D eigenvalue weighted by atomic mass is 10.1. The maximum absolute atomic E-state index is 12.4. The molecule has 1 aliphatic rings. The van der Waals surface area contributed by atoms with E-state index in [-0.39, 0.29) is 16.6 Å². The van der Waals surface area contributed by atoms with Gasteiger partial charge in [0.2, 0.25) is 0 Å². The highest BCUT2D eigenvalue weighted by atomic mass is 35.5. The molecule has 0 amide bonds. The van der Waals surface area contributed by atoms with Gasteiger partial charge in [0, 0.05) is 29.1 Å². The minimum Gasteiger partial charge on any atom is -0.297 e. The molecule has 0 bridgehead atoms. The molecule has 0 radical (unpaired) electrons. The summed E-state index contributed by atoms with van der Waals surface area (Å²) in [5.74, 6) is 3.20. The van der Waals surface area contributed by atoms with Gasteiger partial charge in [-0.3, -0.25) is 14.3 Å². The second kappa shape index (κ2) is 6.41. The summed E-state index contributed by atoms with van der Waals surface area (Å²) in [7, 11) is 0. The fraction of sp³-hybridized carbons (Fsp3) is 0.667. The summed E-state index contributed by atoms with van der Waals surface area (Å²) in [4.78, 5) is 26.9. The minimum atomic E-state index is -0.407. The summed E-state index contributed by atoms with van der Waals surface area (Å²) in [6, 6.07) is 0. The molecule has 106 valence electrons. The van der Waals surface area contributed by atoms with Crippen molar-refractivity contribution in [3.8, 4) is 0 Å². The van der Waals surface area contributed by atoms with Crippen LogP contribution in [0.5, 0.6) is 0 Å². The van der Waals surface area contributed by atoms with E-state index < -0.39 is 5.69 Å². The fourth-order valence-corrected chi connectivity index (χ4v) is 5.10. The number of nitrogens with zero attached hydrogens (tertiary/aromatic N) is 1. The van der Waals surface area contributed by atoms with Gasteiger partial charge in [0.15, 0.2) is 0 Å². The van der Waals surface area contributed by atoms with Crippen LogP contribution in [0.2, 0.25) is 5.15 Å². The van der Waals surface area contributed by atoms with Crippen LogP contribution < -0.4 is 11.2 Å². The Balaban J connectivity index is 2.37. The van der Waals surface area contributed by atoms with Gasteiger partial charge in [-0.1, -0.05) is 25.4 Å². The van der Waals surface area contributed by atoms with E-state index in [1.807, 2.05) is 37.4 Å². The zero-order valence-electron chi connectivity index (χ0n) is 10.9. The topological polar surface area (TPSA) is 54.9 Å². The number of H-pyrrole nitrogens is 1. The molecule has 1 fully saturated rings. The van der Waals surface area contributed by atoms with Crippen molar-refractivity contribution >= 4 is 35.1 Å². The molecule has 0 saturated carbocycles. The SMILES string of the molecule is CC(C)c1c(Cl)[nH]c(=O)n(CC2CSCCS2)c1=O. The Labute approximate surface area is 125 Å². The van der Waals surface area contributed by atoms with Gasteiger partial charge in [-0.2, -0.15) is 23.5 Å². The normalized spacial score (nSPS) is 19.9. The summed E-state index contributed by atoms with van der Waals surface area (Å²) < 4.78 is 1.30. The van der Waals surface area contributed by atoms with Crippen molar-refractivity contribution in [3.05, 3.63) is 31.6 Å². The van der Waals surface area contributed by atoms with Gasteiger partial charge in [-0.05, 0) is 5.92 Å². The van der Waals surface area contributed by atoms with Crippen LogP contribution in [0.15, 0.2) is 9.59 Å². The standard InChI is InChI=1S/C12H17ClN2O2S2/c1-7(2)9-10(13)14-12(17)15(11(9)16)5-8-6-18-3-4-19-8/h7-8H,3-6H2,1-2H3,(H,14,17). The summed E-state index contributed by atoms with van der Waals surface area (Å²) in [6.45, 7) is 4.26. The average Bonchev–Trinajstić information content (AvgIpc) is 2.35. The lowest BCUT2D eigenvalue weighted by Gasteiger charge is -2.21. The van der Waals surface area contributed by atoms with E-state index in [1.165, 1.54) is 4.57 Å². The van der Waals surface area contributed by atoms with E-state index >= 15 is 0 Å². The van der Waals surface area contributed by atoms with Crippen molar-refractivity contribution in [2.75, 3.05) is 17.3 Å². The largest absolute Gasteiger partial charge is 0.329 e. The molecular weight excluding hydrogens is 304 g/mol. The van der Waals surface area contributed by atoms with E-state index in [0.717, 1.165) is 17.3 Å². The lowest BCUT2D eigenvalue weighted by Crippen LogP contribution is -2.41. The van der Waals surface area contributed by atoms with Crippen LogP contribution in [0.1, 0.15) is 25.3 Å². The Morgan fingerprint density at radius 1 is 1.42 bits per heavy atom. The molecule has 2 heterocycles. The molecule has 0 aliphatic carbocycles. The smallest absolute Gasteiger partial charge is 0.297 e. The molecule has 1 aromatic rings. The first kappa shape index (κ1) is 15.1. The second-order valence-electron chi connectivity index (χ2n) is 4.80. The van der Waals surface area contributed by atoms with Crippen molar-refractivity contribution in [2.24, 2.45) is 0 Å². The van der Waals surface area contributed by atoms with Crippen LogP contribution in [-0.2, 0) is 6.54 Å². The van der Waals surface area contributed by atoms with Gasteiger partial charge >= 0.3 is 5.69 Å². The van der Waals surface area contributed by atoms with Gasteiger partial charge in [0.05, 0.1) is 5.56 Å². The monoisotopic (exact) mass is 320 g/mol. The average molecular weight is 321 g/mol. The highest BCUT2D eigenvalue weighted by Crippen LogP contribution is 2.25. The number of hydrogen-bond acceptors (Lipinski definition) is 4. The van der Waals surface area contributed by atoms with Crippen molar-refractivity contribution in [2.45, 2.75) is 31.6 Å². The first-order valence-electron chi connectivity index (χ1n) is 6.22. The van der Waals surface area contributed by atoms with Crippen molar-refractivity contribution in [1.82, 2.24) is 9.55 Å². The number of halogens is 1. The van der Waals surface area contributed by atoms with Crippen LogP contribution in [0.4, 0.5) is 0 Å². The third-order valence-electron chi connectivity index (χ3n) is 3.02. The second-order valence-corrected chi connectivity index (χ2v) is 7.73. The van der Waals surface area contributed by atoms with E-state index in [1.54, 1.807) is 0 Å². The quantitative estimate of drug-likeness (QED) is 0.867. The van der Waals surface area contributed by atoms with Crippen LogP contribution in [-0.4, -0.2) is 32.1 Å². The van der Waals surface area contributed by atoms with Gasteiger partial charge in [0.25, 0.3) is 5.56 Å². The van der Waals surface area contributed by atoms with E-state index in [2.05, 4.69) is 4.98 Å². The Morgan fingerprint density at radius 2 is 2.16 bits per heavy atom. The third kappa shape index (κ3) is 3.41. The van der Waals surface area contributed by atoms with Crippen LogP contribution >= 0.6 is 35.1 Å². The Bertz CT molecular complexity index is 562. The molecule has 1 N–H and O–H groups in total. The molecule has 1 saturated heterocycles. The van der Waals surface area contributed by atoms with Gasteiger partial charge in [-0.15, -0.1) is 0 Å². The van der Waals surface area contributed by atoms with Crippen LogP contribution in [0, 0.1) is 0 Å². The lowest BCUT2D eigenvalue weighted by molar-refractivity contribution is 0.611.